The quantitative estimate of drug-likeness (QED) is 0.846. The molecule has 0 spiro atoms. The Morgan fingerprint density at radius 1 is 1.50 bits per heavy atom. The summed E-state index contributed by atoms with van der Waals surface area (Å²) in [6, 6.07) is 4.09. The monoisotopic (exact) mass is 253 g/mol. The molecule has 0 bridgehead atoms. The molecule has 0 fully saturated rings. The molecule has 1 aromatic heterocycles. The maximum atomic E-state index is 5.64. The predicted molar refractivity (Wildman–Crippen MR) is 61.0 cm³/mol. The van der Waals surface area contributed by atoms with Gasteiger partial charge in [0.15, 0.2) is 0 Å². The molecule has 0 aliphatic heterocycles. The fourth-order valence-electron chi connectivity index (χ4n) is 1.71. The van der Waals surface area contributed by atoms with E-state index in [2.05, 4.69) is 27.1 Å². The summed E-state index contributed by atoms with van der Waals surface area (Å²) in [5, 5.41) is 5.53. The SMILES string of the molecule is Cc1nn(C)c2ccc(CN)c(Br)c12. The zero-order chi connectivity index (χ0) is 10.3. The molecule has 3 nitrogen and oxygen atoms in total. The van der Waals surface area contributed by atoms with Gasteiger partial charge >= 0.3 is 0 Å². The molecule has 1 heterocycles. The Morgan fingerprint density at radius 3 is 2.86 bits per heavy atom. The van der Waals surface area contributed by atoms with E-state index < -0.39 is 0 Å². The average Bonchev–Trinajstić information content (AvgIpc) is 2.44. The van der Waals surface area contributed by atoms with Gasteiger partial charge in [-0.1, -0.05) is 6.07 Å². The van der Waals surface area contributed by atoms with E-state index in [1.165, 1.54) is 0 Å². The molecule has 2 N–H and O–H groups in total. The molecule has 0 atom stereocenters. The molecule has 0 saturated heterocycles. The van der Waals surface area contributed by atoms with Crippen molar-refractivity contribution in [2.24, 2.45) is 12.8 Å². The highest BCUT2D eigenvalue weighted by Gasteiger charge is 2.10. The molecule has 0 radical (unpaired) electrons. The largest absolute Gasteiger partial charge is 0.326 e. The molecule has 2 aromatic rings. The van der Waals surface area contributed by atoms with Gasteiger partial charge in [-0.25, -0.2) is 0 Å². The first-order valence-corrected chi connectivity index (χ1v) is 5.25. The number of hydrogen-bond acceptors (Lipinski definition) is 2. The summed E-state index contributed by atoms with van der Waals surface area (Å²) in [4.78, 5) is 0. The highest BCUT2D eigenvalue weighted by atomic mass is 79.9. The van der Waals surface area contributed by atoms with Crippen molar-refractivity contribution in [3.63, 3.8) is 0 Å². The van der Waals surface area contributed by atoms with Crippen LogP contribution in [0, 0.1) is 6.92 Å². The van der Waals surface area contributed by atoms with E-state index in [4.69, 9.17) is 5.73 Å². The summed E-state index contributed by atoms with van der Waals surface area (Å²) in [7, 11) is 1.95. The van der Waals surface area contributed by atoms with Gasteiger partial charge in [0.25, 0.3) is 0 Å². The predicted octanol–water partition coefficient (Wildman–Crippen LogP) is 2.10. The first kappa shape index (κ1) is 9.68. The smallest absolute Gasteiger partial charge is 0.0693 e. The molecule has 2 rings (SSSR count). The van der Waals surface area contributed by atoms with E-state index >= 15 is 0 Å². The number of aromatic nitrogens is 2. The Morgan fingerprint density at radius 2 is 2.21 bits per heavy atom. The topological polar surface area (TPSA) is 43.8 Å². The van der Waals surface area contributed by atoms with Crippen LogP contribution in [-0.2, 0) is 13.6 Å². The van der Waals surface area contributed by atoms with E-state index in [1.807, 2.05) is 24.7 Å². The zero-order valence-corrected chi connectivity index (χ0v) is 9.80. The normalized spacial score (nSPS) is 11.1. The fraction of sp³-hybridized carbons (Fsp3) is 0.300. The van der Waals surface area contributed by atoms with Crippen LogP contribution in [0.25, 0.3) is 10.9 Å². The van der Waals surface area contributed by atoms with Gasteiger partial charge in [-0.05, 0) is 34.5 Å². The number of fused-ring (bicyclic) bond motifs is 1. The van der Waals surface area contributed by atoms with Crippen LogP contribution in [0.5, 0.6) is 0 Å². The number of benzene rings is 1. The molecule has 74 valence electrons. The maximum Gasteiger partial charge on any atom is 0.0693 e. The van der Waals surface area contributed by atoms with Crippen molar-refractivity contribution >= 4 is 26.8 Å². The molecule has 4 heteroatoms. The highest BCUT2D eigenvalue weighted by molar-refractivity contribution is 9.10. The van der Waals surface area contributed by atoms with Crippen LogP contribution in [0.3, 0.4) is 0 Å². The van der Waals surface area contributed by atoms with Crippen molar-refractivity contribution in [3.8, 4) is 0 Å². The summed E-state index contributed by atoms with van der Waals surface area (Å²) in [6.45, 7) is 2.55. The first-order chi connectivity index (χ1) is 6.65. The van der Waals surface area contributed by atoms with Crippen molar-refractivity contribution in [2.75, 3.05) is 0 Å². The van der Waals surface area contributed by atoms with Crippen molar-refractivity contribution in [1.29, 1.82) is 0 Å². The third-order valence-corrected chi connectivity index (χ3v) is 3.34. The summed E-state index contributed by atoms with van der Waals surface area (Å²) < 4.78 is 2.96. The summed E-state index contributed by atoms with van der Waals surface area (Å²) in [6.07, 6.45) is 0. The van der Waals surface area contributed by atoms with E-state index in [0.29, 0.717) is 6.54 Å². The molecule has 1 aromatic carbocycles. The Labute approximate surface area is 91.0 Å². The second-order valence-corrected chi connectivity index (χ2v) is 4.14. The Kier molecular flexibility index (Phi) is 2.33. The minimum Gasteiger partial charge on any atom is -0.326 e. The van der Waals surface area contributed by atoms with E-state index in [0.717, 1.165) is 26.6 Å². The number of nitrogens with zero attached hydrogens (tertiary/aromatic N) is 2. The van der Waals surface area contributed by atoms with Gasteiger partial charge in [0.05, 0.1) is 11.2 Å². The Balaban J connectivity index is 2.87. The third-order valence-electron chi connectivity index (χ3n) is 2.43. The molecular weight excluding hydrogens is 242 g/mol. The van der Waals surface area contributed by atoms with Gasteiger partial charge in [0.1, 0.15) is 0 Å². The molecule has 14 heavy (non-hydrogen) atoms. The van der Waals surface area contributed by atoms with Gasteiger partial charge in [0, 0.05) is 23.5 Å². The molecule has 0 amide bonds. The third kappa shape index (κ3) is 1.26. The number of nitrogens with two attached hydrogens (primary N) is 1. The maximum absolute atomic E-state index is 5.64. The fourth-order valence-corrected chi connectivity index (χ4v) is 2.49. The molecule has 0 unspecified atom stereocenters. The summed E-state index contributed by atoms with van der Waals surface area (Å²) >= 11 is 3.57. The first-order valence-electron chi connectivity index (χ1n) is 4.46. The Hall–Kier alpha value is -0.870. The van der Waals surface area contributed by atoms with Crippen molar-refractivity contribution in [1.82, 2.24) is 9.78 Å². The zero-order valence-electron chi connectivity index (χ0n) is 8.21. The average molecular weight is 254 g/mol. The lowest BCUT2D eigenvalue weighted by molar-refractivity contribution is 0.783. The minimum atomic E-state index is 0.546. The van der Waals surface area contributed by atoms with Gasteiger partial charge in [0.2, 0.25) is 0 Å². The lowest BCUT2D eigenvalue weighted by Crippen LogP contribution is -1.97. The van der Waals surface area contributed by atoms with Gasteiger partial charge in [-0.15, -0.1) is 0 Å². The summed E-state index contributed by atoms with van der Waals surface area (Å²) in [5.74, 6) is 0. The number of hydrogen-bond donors (Lipinski definition) is 1. The second kappa shape index (κ2) is 3.37. The van der Waals surface area contributed by atoms with Crippen LogP contribution in [0.1, 0.15) is 11.3 Å². The van der Waals surface area contributed by atoms with E-state index in [1.54, 1.807) is 0 Å². The summed E-state index contributed by atoms with van der Waals surface area (Å²) in [5.41, 5.74) is 8.92. The van der Waals surface area contributed by atoms with Crippen LogP contribution in [0.15, 0.2) is 16.6 Å². The molecular formula is C10H12BrN3. The lowest BCUT2D eigenvalue weighted by Gasteiger charge is -2.03. The van der Waals surface area contributed by atoms with Gasteiger partial charge in [-0.3, -0.25) is 4.68 Å². The van der Waals surface area contributed by atoms with Gasteiger partial charge < -0.3 is 5.73 Å². The standard InChI is InChI=1S/C10H12BrN3/c1-6-9-8(14(2)13-6)4-3-7(5-12)10(9)11/h3-4H,5,12H2,1-2H3. The van der Waals surface area contributed by atoms with Crippen LogP contribution in [0.2, 0.25) is 0 Å². The number of rotatable bonds is 1. The Bertz CT molecular complexity index is 488. The van der Waals surface area contributed by atoms with Crippen LogP contribution >= 0.6 is 15.9 Å². The van der Waals surface area contributed by atoms with Crippen molar-refractivity contribution in [2.45, 2.75) is 13.5 Å². The second-order valence-electron chi connectivity index (χ2n) is 3.35. The van der Waals surface area contributed by atoms with E-state index in [9.17, 15) is 0 Å². The van der Waals surface area contributed by atoms with Crippen LogP contribution in [-0.4, -0.2) is 9.78 Å². The van der Waals surface area contributed by atoms with Crippen LogP contribution < -0.4 is 5.73 Å². The van der Waals surface area contributed by atoms with Crippen LogP contribution in [0.4, 0.5) is 0 Å². The molecule has 0 aliphatic rings. The number of halogens is 1. The van der Waals surface area contributed by atoms with Crippen molar-refractivity contribution in [3.05, 3.63) is 27.9 Å². The molecule has 0 aliphatic carbocycles. The molecule has 0 saturated carbocycles. The number of aryl methyl sites for hydroxylation is 2. The van der Waals surface area contributed by atoms with E-state index in [-0.39, 0.29) is 0 Å². The highest BCUT2D eigenvalue weighted by Crippen LogP contribution is 2.29. The lowest BCUT2D eigenvalue weighted by atomic mass is 10.1. The van der Waals surface area contributed by atoms with Crippen molar-refractivity contribution < 1.29 is 0 Å². The minimum absolute atomic E-state index is 0.546. The van der Waals surface area contributed by atoms with Gasteiger partial charge in [-0.2, -0.15) is 5.10 Å².